The van der Waals surface area contributed by atoms with Crippen LogP contribution in [-0.2, 0) is 9.59 Å². The number of aliphatic hydroxyl groups is 2. The van der Waals surface area contributed by atoms with E-state index >= 15 is 0 Å². The van der Waals surface area contributed by atoms with Gasteiger partial charge in [0, 0.05) is 18.3 Å². The van der Waals surface area contributed by atoms with Crippen molar-refractivity contribution in [3.63, 3.8) is 0 Å². The second kappa shape index (κ2) is 12.8. The number of unbranched alkanes of at least 4 members (excludes halogenated alkanes) is 4. The van der Waals surface area contributed by atoms with Gasteiger partial charge in [-0.3, -0.25) is 9.59 Å². The normalized spacial score (nSPS) is 21.6. The van der Waals surface area contributed by atoms with Crippen LogP contribution in [-0.4, -0.2) is 34.5 Å². The minimum atomic E-state index is -1.28. The van der Waals surface area contributed by atoms with Crippen LogP contribution in [0.2, 0.25) is 0 Å². The molecule has 0 saturated heterocycles. The molecule has 0 saturated carbocycles. The summed E-state index contributed by atoms with van der Waals surface area (Å²) in [5.41, 5.74) is 0. The molecule has 0 aliphatic heterocycles. The number of allylic oxidation sites excluding steroid dienone is 6. The molecule has 1 rings (SSSR count). The smallest absolute Gasteiger partial charge is 0.163 e. The molecule has 140 valence electrons. The standard InChI is InChI=1S/C21H32O4/c1-2-3-4-5-6-8-11-17-14-15-19(23)18(17)12-9-7-10-13-20(24)21(25)16-22/h7-9,11,14-15,17-18,21-22,25H,2-6,10,12-13,16H2,1H3/t17-,18+,21?/m0/s1. The van der Waals surface area contributed by atoms with Crippen molar-refractivity contribution in [1.29, 1.82) is 0 Å². The van der Waals surface area contributed by atoms with Crippen LogP contribution in [0.15, 0.2) is 36.5 Å². The Kier molecular flexibility index (Phi) is 11.0. The van der Waals surface area contributed by atoms with Gasteiger partial charge in [0.05, 0.1) is 6.61 Å². The molecule has 3 atom stereocenters. The monoisotopic (exact) mass is 348 g/mol. The van der Waals surface area contributed by atoms with Gasteiger partial charge in [-0.15, -0.1) is 0 Å². The average Bonchev–Trinajstić information content (AvgIpc) is 2.96. The molecule has 4 heteroatoms. The Morgan fingerprint density at radius 2 is 2.00 bits per heavy atom. The van der Waals surface area contributed by atoms with Crippen molar-refractivity contribution in [2.45, 2.75) is 64.4 Å². The van der Waals surface area contributed by atoms with Crippen molar-refractivity contribution < 1.29 is 19.8 Å². The third kappa shape index (κ3) is 8.41. The van der Waals surface area contributed by atoms with Gasteiger partial charge < -0.3 is 10.2 Å². The van der Waals surface area contributed by atoms with Gasteiger partial charge in [0.1, 0.15) is 6.10 Å². The molecule has 4 nitrogen and oxygen atoms in total. The van der Waals surface area contributed by atoms with E-state index in [1.54, 1.807) is 6.08 Å². The SMILES string of the molecule is CCCCCCC=C[C@H]1C=CC(=O)[C@@H]1CC=CCCC(=O)C(O)CO. The lowest BCUT2D eigenvalue weighted by molar-refractivity contribution is -0.128. The highest BCUT2D eigenvalue weighted by atomic mass is 16.3. The van der Waals surface area contributed by atoms with Gasteiger partial charge in [-0.1, -0.05) is 56.6 Å². The Labute approximate surface area is 151 Å². The Bertz CT molecular complexity index is 490. The molecule has 0 radical (unpaired) electrons. The van der Waals surface area contributed by atoms with E-state index in [0.29, 0.717) is 12.8 Å². The molecule has 0 fully saturated rings. The number of Topliss-reactive ketones (excluding diaryl/α,β-unsaturated/α-hetero) is 1. The molecule has 2 N–H and O–H groups in total. The Morgan fingerprint density at radius 3 is 2.72 bits per heavy atom. The van der Waals surface area contributed by atoms with Crippen LogP contribution in [0.5, 0.6) is 0 Å². The van der Waals surface area contributed by atoms with E-state index in [1.807, 2.05) is 18.2 Å². The highest BCUT2D eigenvalue weighted by molar-refractivity contribution is 5.95. The molecule has 25 heavy (non-hydrogen) atoms. The largest absolute Gasteiger partial charge is 0.393 e. The quantitative estimate of drug-likeness (QED) is 0.394. The van der Waals surface area contributed by atoms with Crippen LogP contribution in [0.3, 0.4) is 0 Å². The van der Waals surface area contributed by atoms with Crippen molar-refractivity contribution in [1.82, 2.24) is 0 Å². The van der Waals surface area contributed by atoms with Crippen molar-refractivity contribution in [3.05, 3.63) is 36.5 Å². The summed E-state index contributed by atoms with van der Waals surface area (Å²) < 4.78 is 0. The maximum Gasteiger partial charge on any atom is 0.163 e. The zero-order valence-electron chi connectivity index (χ0n) is 15.3. The number of ketones is 2. The summed E-state index contributed by atoms with van der Waals surface area (Å²) in [6.07, 6.45) is 17.9. The van der Waals surface area contributed by atoms with E-state index in [-0.39, 0.29) is 29.8 Å². The first kappa shape index (κ1) is 21.5. The summed E-state index contributed by atoms with van der Waals surface area (Å²) in [4.78, 5) is 23.4. The van der Waals surface area contributed by atoms with Crippen LogP contribution in [0, 0.1) is 11.8 Å². The summed E-state index contributed by atoms with van der Waals surface area (Å²) in [6.45, 7) is 1.67. The summed E-state index contributed by atoms with van der Waals surface area (Å²) in [5.74, 6) is -0.0604. The van der Waals surface area contributed by atoms with Gasteiger partial charge in [-0.05, 0) is 31.8 Å². The molecule has 1 unspecified atom stereocenters. The zero-order valence-corrected chi connectivity index (χ0v) is 15.3. The van der Waals surface area contributed by atoms with Gasteiger partial charge in [-0.25, -0.2) is 0 Å². The maximum atomic E-state index is 12.0. The van der Waals surface area contributed by atoms with Crippen LogP contribution in [0.25, 0.3) is 0 Å². The predicted molar refractivity (Wildman–Crippen MR) is 100 cm³/mol. The first-order valence-electron chi connectivity index (χ1n) is 9.45. The summed E-state index contributed by atoms with van der Waals surface area (Å²) in [5, 5.41) is 17.9. The number of rotatable bonds is 13. The minimum absolute atomic E-state index is 0.0399. The van der Waals surface area contributed by atoms with Crippen molar-refractivity contribution in [3.8, 4) is 0 Å². The van der Waals surface area contributed by atoms with Gasteiger partial charge in [0.15, 0.2) is 11.6 Å². The molecule has 0 bridgehead atoms. The molecule has 0 amide bonds. The summed E-state index contributed by atoms with van der Waals surface area (Å²) in [7, 11) is 0. The van der Waals surface area contributed by atoms with E-state index in [0.717, 1.165) is 6.42 Å². The van der Waals surface area contributed by atoms with Crippen molar-refractivity contribution in [2.75, 3.05) is 6.61 Å². The number of hydrogen-bond acceptors (Lipinski definition) is 4. The third-order valence-corrected chi connectivity index (χ3v) is 4.55. The fourth-order valence-electron chi connectivity index (χ4n) is 2.92. The number of carbonyl (C=O) groups is 2. The Morgan fingerprint density at radius 1 is 1.20 bits per heavy atom. The molecule has 0 aromatic heterocycles. The lowest BCUT2D eigenvalue weighted by atomic mass is 9.90. The van der Waals surface area contributed by atoms with Crippen LogP contribution >= 0.6 is 0 Å². The van der Waals surface area contributed by atoms with Crippen LogP contribution < -0.4 is 0 Å². The zero-order chi connectivity index (χ0) is 18.5. The molecular weight excluding hydrogens is 316 g/mol. The average molecular weight is 348 g/mol. The van der Waals surface area contributed by atoms with Crippen LogP contribution in [0.4, 0.5) is 0 Å². The minimum Gasteiger partial charge on any atom is -0.393 e. The van der Waals surface area contributed by atoms with Gasteiger partial charge in [0.25, 0.3) is 0 Å². The van der Waals surface area contributed by atoms with Gasteiger partial charge >= 0.3 is 0 Å². The van der Waals surface area contributed by atoms with E-state index in [2.05, 4.69) is 19.1 Å². The van der Waals surface area contributed by atoms with Gasteiger partial charge in [0.2, 0.25) is 0 Å². The van der Waals surface area contributed by atoms with Crippen LogP contribution in [0.1, 0.15) is 58.3 Å². The molecule has 0 heterocycles. The second-order valence-electron chi connectivity index (χ2n) is 6.63. The highest BCUT2D eigenvalue weighted by Gasteiger charge is 2.26. The number of hydrogen-bond donors (Lipinski definition) is 2. The van der Waals surface area contributed by atoms with Crippen molar-refractivity contribution >= 4 is 11.6 Å². The summed E-state index contributed by atoms with van der Waals surface area (Å²) >= 11 is 0. The maximum absolute atomic E-state index is 12.0. The fourth-order valence-corrected chi connectivity index (χ4v) is 2.92. The fraction of sp³-hybridized carbons (Fsp3) is 0.619. The first-order chi connectivity index (χ1) is 12.1. The van der Waals surface area contributed by atoms with Gasteiger partial charge in [-0.2, -0.15) is 0 Å². The lowest BCUT2D eigenvalue weighted by Crippen LogP contribution is -2.23. The summed E-state index contributed by atoms with van der Waals surface area (Å²) in [6, 6.07) is 0. The first-order valence-corrected chi connectivity index (χ1v) is 9.45. The van der Waals surface area contributed by atoms with E-state index in [4.69, 9.17) is 5.11 Å². The van der Waals surface area contributed by atoms with E-state index in [1.165, 1.54) is 25.7 Å². The molecule has 1 aliphatic rings. The molecule has 0 spiro atoms. The molecule has 0 aromatic rings. The predicted octanol–water partition coefficient (Wildman–Crippen LogP) is 3.53. The highest BCUT2D eigenvalue weighted by Crippen LogP contribution is 2.27. The molecule has 0 aromatic carbocycles. The number of carbonyl (C=O) groups excluding carboxylic acids is 2. The Hall–Kier alpha value is -1.52. The third-order valence-electron chi connectivity index (χ3n) is 4.55. The Balaban J connectivity index is 2.32. The second-order valence-corrected chi connectivity index (χ2v) is 6.63. The lowest BCUT2D eigenvalue weighted by Gasteiger charge is -2.12. The number of aliphatic hydroxyl groups excluding tert-OH is 2. The molecular formula is C21H32O4. The van der Waals surface area contributed by atoms with Crippen molar-refractivity contribution in [2.24, 2.45) is 11.8 Å². The molecule has 1 aliphatic carbocycles. The topological polar surface area (TPSA) is 74.6 Å². The van der Waals surface area contributed by atoms with E-state index < -0.39 is 12.7 Å². The van der Waals surface area contributed by atoms with E-state index in [9.17, 15) is 14.7 Å².